The fourth-order valence-corrected chi connectivity index (χ4v) is 2.54. The van der Waals surface area contributed by atoms with Crippen LogP contribution < -0.4 is 15.4 Å². The van der Waals surface area contributed by atoms with Crippen molar-refractivity contribution in [2.24, 2.45) is 0 Å². The van der Waals surface area contributed by atoms with Gasteiger partial charge in [0.2, 0.25) is 11.8 Å². The van der Waals surface area contributed by atoms with Crippen LogP contribution in [-0.2, 0) is 19.2 Å². The van der Waals surface area contributed by atoms with Gasteiger partial charge in [-0.15, -0.1) is 0 Å². The number of nitrogens with one attached hydrogen (secondary N) is 2. The molecule has 0 saturated carbocycles. The number of imide groups is 2. The lowest BCUT2D eigenvalue weighted by Gasteiger charge is -2.18. The van der Waals surface area contributed by atoms with Crippen molar-refractivity contribution < 1.29 is 28.7 Å². The van der Waals surface area contributed by atoms with Crippen LogP contribution in [0.4, 0.5) is 16.2 Å². The highest BCUT2D eigenvalue weighted by atomic mass is 16.5. The molecular formula is C17H20N4O6. The molecule has 144 valence electrons. The van der Waals surface area contributed by atoms with E-state index in [1.165, 1.54) is 26.2 Å². The molecule has 0 atom stereocenters. The number of carbonyl (C=O) groups is 5. The van der Waals surface area contributed by atoms with Gasteiger partial charge < -0.3 is 15.4 Å². The Labute approximate surface area is 155 Å². The first-order valence-corrected chi connectivity index (χ1v) is 8.10. The van der Waals surface area contributed by atoms with Crippen molar-refractivity contribution in [3.05, 3.63) is 18.2 Å². The highest BCUT2D eigenvalue weighted by Crippen LogP contribution is 2.28. The molecule has 0 aliphatic carbocycles. The van der Waals surface area contributed by atoms with E-state index in [1.54, 1.807) is 19.9 Å². The maximum Gasteiger partial charge on any atom is 0.334 e. The zero-order chi connectivity index (χ0) is 20.3. The van der Waals surface area contributed by atoms with Crippen LogP contribution in [-0.4, -0.2) is 59.2 Å². The van der Waals surface area contributed by atoms with E-state index in [4.69, 9.17) is 4.74 Å². The third-order valence-electron chi connectivity index (χ3n) is 3.70. The Balaban J connectivity index is 2.16. The van der Waals surface area contributed by atoms with Gasteiger partial charge in [0.15, 0.2) is 0 Å². The number of methoxy groups -OCH3 is 1. The second-order valence-electron chi connectivity index (χ2n) is 6.09. The normalized spacial score (nSPS) is 14.0. The maximum atomic E-state index is 12.3. The molecule has 1 aliphatic rings. The van der Waals surface area contributed by atoms with Gasteiger partial charge in [0.25, 0.3) is 0 Å². The van der Waals surface area contributed by atoms with Gasteiger partial charge in [-0.1, -0.05) is 0 Å². The molecule has 27 heavy (non-hydrogen) atoms. The fraction of sp³-hybridized carbons (Fsp3) is 0.353. The lowest BCUT2D eigenvalue weighted by Crippen LogP contribution is -2.40. The highest BCUT2D eigenvalue weighted by molar-refractivity contribution is 6.45. The minimum absolute atomic E-state index is 0.236. The Kier molecular flexibility index (Phi) is 5.78. The van der Waals surface area contributed by atoms with Crippen LogP contribution in [0.25, 0.3) is 0 Å². The summed E-state index contributed by atoms with van der Waals surface area (Å²) in [6.07, 6.45) is 0. The second-order valence-corrected chi connectivity index (χ2v) is 6.09. The van der Waals surface area contributed by atoms with Gasteiger partial charge in [0.1, 0.15) is 12.3 Å². The third-order valence-corrected chi connectivity index (χ3v) is 3.70. The molecule has 1 aliphatic heterocycles. The van der Waals surface area contributed by atoms with Crippen LogP contribution >= 0.6 is 0 Å². The monoisotopic (exact) mass is 376 g/mol. The summed E-state index contributed by atoms with van der Waals surface area (Å²) in [4.78, 5) is 60.9. The molecule has 1 aromatic rings. The van der Waals surface area contributed by atoms with Gasteiger partial charge in [0, 0.05) is 18.7 Å². The average Bonchev–Trinajstić information content (AvgIpc) is 2.78. The summed E-state index contributed by atoms with van der Waals surface area (Å²) in [5.41, 5.74) is 0.660. The number of hydrogen-bond donors (Lipinski definition) is 2. The molecule has 0 aromatic heterocycles. The molecule has 0 bridgehead atoms. The smallest absolute Gasteiger partial charge is 0.334 e. The van der Waals surface area contributed by atoms with E-state index < -0.39 is 36.3 Å². The Morgan fingerprint density at radius 2 is 1.78 bits per heavy atom. The van der Waals surface area contributed by atoms with Gasteiger partial charge in [-0.05, 0) is 32.0 Å². The van der Waals surface area contributed by atoms with Crippen molar-refractivity contribution in [2.45, 2.75) is 26.8 Å². The number of carbonyl (C=O) groups excluding carboxylic acids is 5. The molecule has 0 radical (unpaired) electrons. The number of ether oxygens (including phenoxy) is 1. The molecule has 1 saturated heterocycles. The van der Waals surface area contributed by atoms with Crippen molar-refractivity contribution in [1.29, 1.82) is 0 Å². The zero-order valence-corrected chi connectivity index (χ0v) is 15.4. The summed E-state index contributed by atoms with van der Waals surface area (Å²) in [5.74, 6) is -2.70. The fourth-order valence-electron chi connectivity index (χ4n) is 2.54. The molecule has 2 N–H and O–H groups in total. The molecule has 10 heteroatoms. The van der Waals surface area contributed by atoms with E-state index in [-0.39, 0.29) is 11.6 Å². The first kappa shape index (κ1) is 19.9. The van der Waals surface area contributed by atoms with Crippen LogP contribution in [0.5, 0.6) is 5.75 Å². The Morgan fingerprint density at radius 3 is 2.30 bits per heavy atom. The predicted molar refractivity (Wildman–Crippen MR) is 95.0 cm³/mol. The minimum Gasteiger partial charge on any atom is -0.495 e. The van der Waals surface area contributed by atoms with Gasteiger partial charge >= 0.3 is 17.8 Å². The summed E-state index contributed by atoms with van der Waals surface area (Å²) >= 11 is 0. The highest BCUT2D eigenvalue weighted by Gasteiger charge is 2.46. The lowest BCUT2D eigenvalue weighted by atomic mass is 10.2. The lowest BCUT2D eigenvalue weighted by molar-refractivity contribution is -0.144. The predicted octanol–water partition coefficient (Wildman–Crippen LogP) is 0.791. The van der Waals surface area contributed by atoms with Crippen LogP contribution in [0.15, 0.2) is 18.2 Å². The quantitative estimate of drug-likeness (QED) is 0.559. The van der Waals surface area contributed by atoms with Crippen LogP contribution in [0.3, 0.4) is 0 Å². The number of hydrogen-bond acceptors (Lipinski definition) is 6. The van der Waals surface area contributed by atoms with Gasteiger partial charge in [-0.25, -0.2) is 9.69 Å². The Morgan fingerprint density at radius 1 is 1.11 bits per heavy atom. The Bertz CT molecular complexity index is 820. The minimum atomic E-state index is -1.05. The largest absolute Gasteiger partial charge is 0.495 e. The molecule has 1 heterocycles. The topological polar surface area (TPSA) is 125 Å². The van der Waals surface area contributed by atoms with Crippen molar-refractivity contribution in [1.82, 2.24) is 9.80 Å². The van der Waals surface area contributed by atoms with Crippen molar-refractivity contribution in [2.75, 3.05) is 24.3 Å². The summed E-state index contributed by atoms with van der Waals surface area (Å²) in [5, 5.41) is 5.08. The number of amides is 6. The molecule has 2 rings (SSSR count). The summed E-state index contributed by atoms with van der Waals surface area (Å²) in [6, 6.07) is 3.25. The van der Waals surface area contributed by atoms with Gasteiger partial charge in [-0.2, -0.15) is 0 Å². The van der Waals surface area contributed by atoms with Gasteiger partial charge in [0.05, 0.1) is 12.8 Å². The number of benzene rings is 1. The first-order valence-electron chi connectivity index (χ1n) is 8.10. The summed E-state index contributed by atoms with van der Waals surface area (Å²) in [6.45, 7) is 3.89. The van der Waals surface area contributed by atoms with E-state index in [0.29, 0.717) is 16.3 Å². The van der Waals surface area contributed by atoms with Crippen molar-refractivity contribution in [3.8, 4) is 5.75 Å². The number of nitrogens with zero attached hydrogens (tertiary/aromatic N) is 2. The average molecular weight is 376 g/mol. The van der Waals surface area contributed by atoms with Crippen LogP contribution in [0.1, 0.15) is 20.8 Å². The molecule has 1 fully saturated rings. The first-order chi connectivity index (χ1) is 12.6. The molecule has 1 aromatic carbocycles. The van der Waals surface area contributed by atoms with E-state index in [2.05, 4.69) is 10.6 Å². The number of rotatable bonds is 6. The SMILES string of the molecule is COc1ccc(NC(C)=O)cc1NC(=O)CN1C(=O)C(=O)N(C(C)C)C1=O. The van der Waals surface area contributed by atoms with Gasteiger partial charge in [-0.3, -0.25) is 24.1 Å². The summed E-state index contributed by atoms with van der Waals surface area (Å²) < 4.78 is 5.15. The van der Waals surface area contributed by atoms with E-state index in [9.17, 15) is 24.0 Å². The molecule has 10 nitrogen and oxygen atoms in total. The molecular weight excluding hydrogens is 356 g/mol. The zero-order valence-electron chi connectivity index (χ0n) is 15.4. The Hall–Kier alpha value is -3.43. The van der Waals surface area contributed by atoms with E-state index in [1.807, 2.05) is 0 Å². The maximum absolute atomic E-state index is 12.3. The second kappa shape index (κ2) is 7.85. The van der Waals surface area contributed by atoms with Crippen LogP contribution in [0.2, 0.25) is 0 Å². The number of urea groups is 1. The third kappa shape index (κ3) is 4.22. The molecule has 0 spiro atoms. The van der Waals surface area contributed by atoms with Crippen LogP contribution in [0, 0.1) is 0 Å². The molecule has 0 unspecified atom stereocenters. The van der Waals surface area contributed by atoms with Crippen molar-refractivity contribution in [3.63, 3.8) is 0 Å². The standard InChI is InChI=1S/C17H20N4O6/c1-9(2)21-16(25)15(24)20(17(21)26)8-14(23)19-12-7-11(18-10(3)22)5-6-13(12)27-4/h5-7,9H,8H2,1-4H3,(H,18,22)(H,19,23). The van der Waals surface area contributed by atoms with Crippen molar-refractivity contribution >= 4 is 41.0 Å². The molecule has 6 amide bonds. The number of anilines is 2. The summed E-state index contributed by atoms with van der Waals surface area (Å²) in [7, 11) is 1.40. The van der Waals surface area contributed by atoms with E-state index >= 15 is 0 Å². The van der Waals surface area contributed by atoms with E-state index in [0.717, 1.165) is 4.90 Å².